The number of aromatic nitrogens is 1. The minimum atomic E-state index is -3.84. The van der Waals surface area contributed by atoms with Gasteiger partial charge in [0.2, 0.25) is 0 Å². The summed E-state index contributed by atoms with van der Waals surface area (Å²) in [6.45, 7) is 2.87. The molecule has 0 bridgehead atoms. The Morgan fingerprint density at radius 3 is 2.39 bits per heavy atom. The highest BCUT2D eigenvalue weighted by Crippen LogP contribution is 2.41. The van der Waals surface area contributed by atoms with Gasteiger partial charge in [-0.05, 0) is 73.3 Å². The summed E-state index contributed by atoms with van der Waals surface area (Å²) in [5, 5.41) is 1.14. The minimum absolute atomic E-state index is 0.192. The van der Waals surface area contributed by atoms with E-state index in [1.807, 2.05) is 19.0 Å². The Morgan fingerprint density at radius 1 is 1.14 bits per heavy atom. The van der Waals surface area contributed by atoms with Gasteiger partial charge in [0.25, 0.3) is 10.0 Å². The van der Waals surface area contributed by atoms with Crippen molar-refractivity contribution in [3.8, 4) is 5.75 Å². The maximum absolute atomic E-state index is 13.4. The lowest BCUT2D eigenvalue weighted by molar-refractivity contribution is 0.262. The number of fused-ring (bicyclic) bond motifs is 1. The Kier molecular flexibility index (Phi) is 6.46. The van der Waals surface area contributed by atoms with Crippen LogP contribution in [-0.2, 0) is 10.0 Å². The first-order valence-electron chi connectivity index (χ1n) is 8.41. The normalized spacial score (nSPS) is 12.1. The maximum Gasteiger partial charge on any atom is 0.268 e. The maximum atomic E-state index is 13.4. The van der Waals surface area contributed by atoms with Crippen LogP contribution in [0.5, 0.6) is 5.75 Å². The Hall–Kier alpha value is -1.06. The predicted octanol–water partition coefficient (Wildman–Crippen LogP) is 5.31. The molecule has 150 valence electrons. The molecule has 2 aromatic carbocycles. The molecule has 0 aliphatic heterocycles. The van der Waals surface area contributed by atoms with Crippen LogP contribution in [0, 0.1) is 6.92 Å². The van der Waals surface area contributed by atoms with E-state index in [9.17, 15) is 8.42 Å². The third-order valence-corrected chi connectivity index (χ3v) is 7.40. The van der Waals surface area contributed by atoms with Crippen molar-refractivity contribution in [3.63, 3.8) is 0 Å². The van der Waals surface area contributed by atoms with Gasteiger partial charge in [-0.3, -0.25) is 0 Å². The zero-order valence-corrected chi connectivity index (χ0v) is 20.3. The molecule has 0 aliphatic carbocycles. The van der Waals surface area contributed by atoms with Crippen molar-refractivity contribution in [1.82, 2.24) is 8.87 Å². The van der Waals surface area contributed by atoms with Crippen LogP contribution in [0.4, 0.5) is 0 Å². The van der Waals surface area contributed by atoms with Crippen molar-refractivity contribution in [2.45, 2.75) is 11.8 Å². The molecule has 0 fully saturated rings. The van der Waals surface area contributed by atoms with E-state index in [-0.39, 0.29) is 4.90 Å². The quantitative estimate of drug-likeness (QED) is 0.418. The first-order chi connectivity index (χ1) is 13.1. The van der Waals surface area contributed by atoms with Crippen molar-refractivity contribution in [3.05, 3.63) is 56.1 Å². The number of nitrogens with zero attached hydrogens (tertiary/aromatic N) is 2. The number of likely N-dealkylation sites (N-methyl/N-ethyl adjacent to an activating group) is 1. The van der Waals surface area contributed by atoms with Crippen LogP contribution < -0.4 is 4.74 Å². The van der Waals surface area contributed by atoms with Gasteiger partial charge in [-0.15, -0.1) is 0 Å². The zero-order chi connectivity index (χ0) is 20.6. The first-order valence-corrected chi connectivity index (χ1v) is 11.8. The molecule has 0 unspecified atom stereocenters. The van der Waals surface area contributed by atoms with Crippen LogP contribution in [0.25, 0.3) is 10.9 Å². The molecule has 1 aromatic heterocycles. The molecule has 5 nitrogen and oxygen atoms in total. The van der Waals surface area contributed by atoms with Crippen molar-refractivity contribution in [2.75, 3.05) is 27.2 Å². The summed E-state index contributed by atoms with van der Waals surface area (Å²) in [7, 11) is 0.0621. The third kappa shape index (κ3) is 4.11. The van der Waals surface area contributed by atoms with E-state index in [4.69, 9.17) is 16.3 Å². The van der Waals surface area contributed by atoms with E-state index in [1.165, 1.54) is 3.97 Å². The molecule has 28 heavy (non-hydrogen) atoms. The first kappa shape index (κ1) is 21.6. The van der Waals surface area contributed by atoms with Gasteiger partial charge in [0.15, 0.2) is 0 Å². The smallest absolute Gasteiger partial charge is 0.268 e. The minimum Gasteiger partial charge on any atom is -0.490 e. The van der Waals surface area contributed by atoms with E-state index in [0.29, 0.717) is 45.0 Å². The topological polar surface area (TPSA) is 51.5 Å². The standard InChI is InChI=1S/C19H19Br2ClN2O3S/c1-12-19(27-9-8-23(2)3)16-10-14(22)11-17(21)18(16)24(12)28(25,26)15-6-4-13(20)5-7-15/h4-7,10-11H,8-9H2,1-3H3. The molecule has 0 saturated heterocycles. The molecular formula is C19H19Br2ClN2O3S. The fourth-order valence-electron chi connectivity index (χ4n) is 2.93. The Bertz CT molecular complexity index is 1130. The second-order valence-corrected chi connectivity index (χ2v) is 10.6. The van der Waals surface area contributed by atoms with Gasteiger partial charge in [0, 0.05) is 25.9 Å². The second kappa shape index (κ2) is 8.36. The largest absolute Gasteiger partial charge is 0.490 e. The highest BCUT2D eigenvalue weighted by atomic mass is 79.9. The molecule has 3 rings (SSSR count). The molecule has 0 atom stereocenters. The van der Waals surface area contributed by atoms with Crippen molar-refractivity contribution >= 4 is 64.4 Å². The average molecular weight is 551 g/mol. The number of hydrogen-bond acceptors (Lipinski definition) is 4. The number of ether oxygens (including phenoxy) is 1. The lowest BCUT2D eigenvalue weighted by Crippen LogP contribution is -2.20. The highest BCUT2D eigenvalue weighted by Gasteiger charge is 2.27. The summed E-state index contributed by atoms with van der Waals surface area (Å²) >= 11 is 13.0. The molecule has 0 N–H and O–H groups in total. The molecule has 0 spiro atoms. The molecule has 0 radical (unpaired) electrons. The number of halogens is 3. The van der Waals surface area contributed by atoms with E-state index < -0.39 is 10.0 Å². The SMILES string of the molecule is Cc1c(OCCN(C)C)c2cc(Cl)cc(Br)c2n1S(=O)(=O)c1ccc(Br)cc1. The van der Waals surface area contributed by atoms with E-state index in [2.05, 4.69) is 31.9 Å². The molecular weight excluding hydrogens is 532 g/mol. The van der Waals surface area contributed by atoms with Gasteiger partial charge < -0.3 is 9.64 Å². The number of rotatable bonds is 6. The molecule has 0 saturated carbocycles. The van der Waals surface area contributed by atoms with Crippen LogP contribution in [0.15, 0.2) is 50.2 Å². The predicted molar refractivity (Wildman–Crippen MR) is 120 cm³/mol. The Labute approximate surface area is 186 Å². The lowest BCUT2D eigenvalue weighted by Gasteiger charge is -2.12. The summed E-state index contributed by atoms with van der Waals surface area (Å²) < 4.78 is 35.6. The summed E-state index contributed by atoms with van der Waals surface area (Å²) in [6.07, 6.45) is 0. The lowest BCUT2D eigenvalue weighted by atomic mass is 10.2. The molecule has 9 heteroatoms. The van der Waals surface area contributed by atoms with Gasteiger partial charge in [-0.1, -0.05) is 27.5 Å². The zero-order valence-electron chi connectivity index (χ0n) is 15.5. The van der Waals surface area contributed by atoms with Crippen molar-refractivity contribution < 1.29 is 13.2 Å². The van der Waals surface area contributed by atoms with E-state index in [0.717, 1.165) is 4.47 Å². The van der Waals surface area contributed by atoms with Gasteiger partial charge in [-0.25, -0.2) is 12.4 Å². The van der Waals surface area contributed by atoms with E-state index >= 15 is 0 Å². The van der Waals surface area contributed by atoms with Crippen LogP contribution in [-0.4, -0.2) is 44.5 Å². The van der Waals surface area contributed by atoms with Gasteiger partial charge in [0.1, 0.15) is 12.4 Å². The second-order valence-electron chi connectivity index (χ2n) is 6.57. The van der Waals surface area contributed by atoms with Crippen LogP contribution in [0.3, 0.4) is 0 Å². The summed E-state index contributed by atoms with van der Waals surface area (Å²) in [4.78, 5) is 2.19. The van der Waals surface area contributed by atoms with Crippen LogP contribution >= 0.6 is 43.5 Å². The number of benzene rings is 2. The molecule has 0 amide bonds. The summed E-state index contributed by atoms with van der Waals surface area (Å²) in [5.41, 5.74) is 1.00. The third-order valence-electron chi connectivity index (χ3n) is 4.25. The van der Waals surface area contributed by atoms with Gasteiger partial charge in [-0.2, -0.15) is 0 Å². The van der Waals surface area contributed by atoms with Crippen molar-refractivity contribution in [1.29, 1.82) is 0 Å². The fraction of sp³-hybridized carbons (Fsp3) is 0.263. The van der Waals surface area contributed by atoms with Gasteiger partial charge >= 0.3 is 0 Å². The number of hydrogen-bond donors (Lipinski definition) is 0. The summed E-state index contributed by atoms with van der Waals surface area (Å²) in [5.74, 6) is 0.515. The molecule has 3 aromatic rings. The highest BCUT2D eigenvalue weighted by molar-refractivity contribution is 9.11. The molecule has 0 aliphatic rings. The van der Waals surface area contributed by atoms with Gasteiger partial charge in [0.05, 0.1) is 16.1 Å². The van der Waals surface area contributed by atoms with Crippen LogP contribution in [0.2, 0.25) is 5.02 Å². The van der Waals surface area contributed by atoms with Crippen LogP contribution in [0.1, 0.15) is 5.69 Å². The Morgan fingerprint density at radius 2 is 1.79 bits per heavy atom. The Balaban J connectivity index is 2.25. The summed E-state index contributed by atoms with van der Waals surface area (Å²) in [6, 6.07) is 9.96. The van der Waals surface area contributed by atoms with Crippen molar-refractivity contribution in [2.24, 2.45) is 0 Å². The average Bonchev–Trinajstić information content (AvgIpc) is 2.88. The monoisotopic (exact) mass is 548 g/mol. The fourth-order valence-corrected chi connectivity index (χ4v) is 5.87. The molecule has 1 heterocycles. The van der Waals surface area contributed by atoms with E-state index in [1.54, 1.807) is 43.3 Å².